The first-order chi connectivity index (χ1) is 18.8. The number of fused-ring (bicyclic) bond motifs is 3. The average molecular weight is 543 g/mol. The standard InChI is InChI=1S/C30H42N2O7/c1-18(2)10-12-32(25(35)9-8-19-6-4-5-7-19)23-16-22(30(37)31-11-13-33)26-21-14-20(17-34)15-24(38-3)28(21)39-29(26)27(23)36/h14-19,23,26-27,29,33,36H,4-13H2,1-3H3,(H,31,37)/t23-,26+,27+,29+/m1/s1. The number of nitrogens with zero attached hydrogens (tertiary/aromatic N) is 1. The number of carbonyl (C=O) groups is 3. The Kier molecular flexibility index (Phi) is 9.67. The van der Waals surface area contributed by atoms with Crippen molar-refractivity contribution in [2.24, 2.45) is 11.8 Å². The molecule has 4 rings (SSSR count). The van der Waals surface area contributed by atoms with E-state index in [1.165, 1.54) is 20.0 Å². The van der Waals surface area contributed by atoms with Crippen LogP contribution < -0.4 is 14.8 Å². The SMILES string of the molecule is COc1cc(C=O)cc2c1O[C@@H]1[C@@H](O)[C@H](N(CCC(C)C)C(=O)CCC3CCCC3)C=C(C(=O)NCCO)[C@H]21. The average Bonchev–Trinajstić information content (AvgIpc) is 3.59. The lowest BCUT2D eigenvalue weighted by atomic mass is 9.77. The molecule has 2 amide bonds. The molecular weight excluding hydrogens is 500 g/mol. The normalized spacial score (nSPS) is 24.0. The second-order valence-electron chi connectivity index (χ2n) is 11.4. The van der Waals surface area contributed by atoms with E-state index in [2.05, 4.69) is 19.2 Å². The molecule has 2 aliphatic carbocycles. The zero-order valence-electron chi connectivity index (χ0n) is 23.2. The fourth-order valence-corrected chi connectivity index (χ4v) is 6.17. The highest BCUT2D eigenvalue weighted by Crippen LogP contribution is 2.51. The quantitative estimate of drug-likeness (QED) is 0.347. The van der Waals surface area contributed by atoms with Gasteiger partial charge in [-0.3, -0.25) is 14.4 Å². The second kappa shape index (κ2) is 13.0. The smallest absolute Gasteiger partial charge is 0.247 e. The molecule has 0 bridgehead atoms. The summed E-state index contributed by atoms with van der Waals surface area (Å²) in [6, 6.07) is 2.45. The molecule has 1 heterocycles. The first-order valence-electron chi connectivity index (χ1n) is 14.2. The fraction of sp³-hybridized carbons (Fsp3) is 0.633. The van der Waals surface area contributed by atoms with Crippen molar-refractivity contribution in [2.45, 2.75) is 83.0 Å². The Morgan fingerprint density at radius 2 is 2.00 bits per heavy atom. The van der Waals surface area contributed by atoms with Crippen molar-refractivity contribution in [3.05, 3.63) is 34.9 Å². The number of nitrogens with one attached hydrogen (secondary N) is 1. The van der Waals surface area contributed by atoms with Crippen LogP contribution in [-0.4, -0.2) is 78.3 Å². The van der Waals surface area contributed by atoms with Crippen molar-refractivity contribution in [1.29, 1.82) is 0 Å². The molecule has 0 unspecified atom stereocenters. The minimum atomic E-state index is -1.11. The van der Waals surface area contributed by atoms with E-state index in [0.29, 0.717) is 59.3 Å². The van der Waals surface area contributed by atoms with Gasteiger partial charge in [-0.25, -0.2) is 0 Å². The summed E-state index contributed by atoms with van der Waals surface area (Å²) >= 11 is 0. The third-order valence-electron chi connectivity index (χ3n) is 8.28. The lowest BCUT2D eigenvalue weighted by Gasteiger charge is -2.41. The van der Waals surface area contributed by atoms with Crippen LogP contribution >= 0.6 is 0 Å². The van der Waals surface area contributed by atoms with Crippen LogP contribution in [0.15, 0.2) is 23.8 Å². The first kappa shape index (κ1) is 29.1. The molecule has 0 spiro atoms. The number of ether oxygens (including phenoxy) is 2. The summed E-state index contributed by atoms with van der Waals surface area (Å²) < 4.78 is 11.7. The molecule has 214 valence electrons. The third kappa shape index (κ3) is 6.30. The van der Waals surface area contributed by atoms with Gasteiger partial charge in [-0.15, -0.1) is 0 Å². The Labute approximate surface area is 230 Å². The Morgan fingerprint density at radius 1 is 1.26 bits per heavy atom. The van der Waals surface area contributed by atoms with Crippen molar-refractivity contribution in [3.63, 3.8) is 0 Å². The Hall–Kier alpha value is -2.91. The molecule has 9 heteroatoms. The highest BCUT2D eigenvalue weighted by atomic mass is 16.5. The molecule has 0 radical (unpaired) electrons. The number of carbonyl (C=O) groups excluding carboxylic acids is 3. The van der Waals surface area contributed by atoms with Crippen molar-refractivity contribution in [1.82, 2.24) is 10.2 Å². The number of amides is 2. The summed E-state index contributed by atoms with van der Waals surface area (Å²) in [6.45, 7) is 4.46. The maximum absolute atomic E-state index is 13.7. The zero-order chi connectivity index (χ0) is 28.1. The Morgan fingerprint density at radius 3 is 2.64 bits per heavy atom. The highest BCUT2D eigenvalue weighted by molar-refractivity contribution is 5.96. The maximum atomic E-state index is 13.7. The molecule has 4 atom stereocenters. The molecule has 1 saturated carbocycles. The van der Waals surface area contributed by atoms with Gasteiger partial charge in [0.25, 0.3) is 0 Å². The number of hydrogen-bond donors (Lipinski definition) is 3. The van der Waals surface area contributed by atoms with Gasteiger partial charge in [0.15, 0.2) is 11.5 Å². The second-order valence-corrected chi connectivity index (χ2v) is 11.4. The van der Waals surface area contributed by atoms with Gasteiger partial charge in [-0.2, -0.15) is 0 Å². The largest absolute Gasteiger partial charge is 0.493 e. The van der Waals surface area contributed by atoms with E-state index in [-0.39, 0.29) is 19.1 Å². The van der Waals surface area contributed by atoms with Gasteiger partial charge in [0.2, 0.25) is 11.8 Å². The topological polar surface area (TPSA) is 125 Å². The summed E-state index contributed by atoms with van der Waals surface area (Å²) in [4.78, 5) is 40.4. The molecule has 3 aliphatic rings. The minimum absolute atomic E-state index is 0.0345. The summed E-state index contributed by atoms with van der Waals surface area (Å²) in [7, 11) is 1.47. The predicted molar refractivity (Wildman–Crippen MR) is 146 cm³/mol. The predicted octanol–water partition coefficient (Wildman–Crippen LogP) is 2.98. The molecule has 1 aliphatic heterocycles. The van der Waals surface area contributed by atoms with E-state index in [9.17, 15) is 24.6 Å². The van der Waals surface area contributed by atoms with Gasteiger partial charge >= 0.3 is 0 Å². The van der Waals surface area contributed by atoms with Crippen molar-refractivity contribution in [3.8, 4) is 11.5 Å². The van der Waals surface area contributed by atoms with E-state index in [0.717, 1.165) is 25.7 Å². The molecule has 0 aromatic heterocycles. The van der Waals surface area contributed by atoms with Crippen LogP contribution in [0.2, 0.25) is 0 Å². The molecule has 9 nitrogen and oxygen atoms in total. The summed E-state index contributed by atoms with van der Waals surface area (Å²) in [5.41, 5.74) is 1.28. The van der Waals surface area contributed by atoms with E-state index in [1.807, 2.05) is 0 Å². The summed E-state index contributed by atoms with van der Waals surface area (Å²) in [5, 5.41) is 23.7. The van der Waals surface area contributed by atoms with E-state index >= 15 is 0 Å². The minimum Gasteiger partial charge on any atom is -0.493 e. The zero-order valence-corrected chi connectivity index (χ0v) is 23.2. The number of benzene rings is 1. The van der Waals surface area contributed by atoms with Gasteiger partial charge < -0.3 is 29.9 Å². The molecule has 0 saturated heterocycles. The number of aldehydes is 1. The third-order valence-corrected chi connectivity index (χ3v) is 8.28. The van der Waals surface area contributed by atoms with Crippen molar-refractivity contribution in [2.75, 3.05) is 26.8 Å². The van der Waals surface area contributed by atoms with Gasteiger partial charge in [-0.05, 0) is 42.9 Å². The van der Waals surface area contributed by atoms with Crippen molar-refractivity contribution < 1.29 is 34.1 Å². The van der Waals surface area contributed by atoms with Crippen molar-refractivity contribution >= 4 is 18.1 Å². The van der Waals surface area contributed by atoms with Crippen LogP contribution in [0.1, 0.15) is 80.6 Å². The fourth-order valence-electron chi connectivity index (χ4n) is 6.17. The van der Waals surface area contributed by atoms with Gasteiger partial charge in [0.05, 0.1) is 25.7 Å². The van der Waals surface area contributed by atoms with Crippen LogP contribution in [0.3, 0.4) is 0 Å². The number of aliphatic hydroxyl groups excluding tert-OH is 2. The number of methoxy groups -OCH3 is 1. The van der Waals surface area contributed by atoms with Crippen LogP contribution in [0.25, 0.3) is 0 Å². The van der Waals surface area contributed by atoms with Gasteiger partial charge in [0.1, 0.15) is 18.5 Å². The Bertz CT molecular complexity index is 1080. The lowest BCUT2D eigenvalue weighted by Crippen LogP contribution is -2.56. The van der Waals surface area contributed by atoms with Gasteiger partial charge in [-0.1, -0.05) is 39.5 Å². The lowest BCUT2D eigenvalue weighted by molar-refractivity contribution is -0.137. The summed E-state index contributed by atoms with van der Waals surface area (Å²) in [6.07, 6.45) is 7.13. The van der Waals surface area contributed by atoms with Crippen LogP contribution in [-0.2, 0) is 9.59 Å². The highest BCUT2D eigenvalue weighted by Gasteiger charge is 2.51. The van der Waals surface area contributed by atoms with E-state index in [4.69, 9.17) is 9.47 Å². The van der Waals surface area contributed by atoms with Crippen LogP contribution in [0.4, 0.5) is 0 Å². The summed E-state index contributed by atoms with van der Waals surface area (Å²) in [5.74, 6) is 0.506. The monoisotopic (exact) mass is 542 g/mol. The molecule has 3 N–H and O–H groups in total. The molecule has 1 aromatic rings. The van der Waals surface area contributed by atoms with Gasteiger partial charge in [0, 0.05) is 36.2 Å². The number of rotatable bonds is 12. The number of hydrogen-bond acceptors (Lipinski definition) is 7. The maximum Gasteiger partial charge on any atom is 0.247 e. The van der Waals surface area contributed by atoms with Crippen LogP contribution in [0, 0.1) is 11.8 Å². The number of aliphatic hydroxyl groups is 2. The molecule has 1 aromatic carbocycles. The molecule has 39 heavy (non-hydrogen) atoms. The van der Waals surface area contributed by atoms with E-state index < -0.39 is 30.1 Å². The molecule has 1 fully saturated rings. The molecular formula is C30H42N2O7. The van der Waals surface area contributed by atoms with Crippen LogP contribution in [0.5, 0.6) is 11.5 Å². The first-order valence-corrected chi connectivity index (χ1v) is 14.2. The van der Waals surface area contributed by atoms with E-state index in [1.54, 1.807) is 23.1 Å². The Balaban J connectivity index is 1.72.